The maximum atomic E-state index is 10.6. The van der Waals surface area contributed by atoms with Crippen LogP contribution in [0.15, 0.2) is 42.6 Å². The minimum absolute atomic E-state index is 0.137. The van der Waals surface area contributed by atoms with E-state index >= 15 is 0 Å². The van der Waals surface area contributed by atoms with Gasteiger partial charge in [0.15, 0.2) is 6.20 Å². The predicted molar refractivity (Wildman–Crippen MR) is 80.3 cm³/mol. The minimum atomic E-state index is -0.497. The largest absolute Gasteiger partial charge is 0.380 e. The number of aromatic nitrogens is 1. The van der Waals surface area contributed by atoms with E-state index in [9.17, 15) is 10.1 Å². The number of nitrogens with zero attached hydrogens (tertiary/aromatic N) is 2. The monoisotopic (exact) mass is 284 g/mol. The Kier molecular flexibility index (Phi) is 3.79. The Balaban J connectivity index is 1.67. The Hall–Kier alpha value is -2.47. The summed E-state index contributed by atoms with van der Waals surface area (Å²) in [6, 6.07) is 11.7. The molecule has 6 nitrogen and oxygen atoms in total. The van der Waals surface area contributed by atoms with Crippen molar-refractivity contribution in [2.24, 2.45) is 0 Å². The van der Waals surface area contributed by atoms with Gasteiger partial charge >= 0.3 is 5.82 Å². The van der Waals surface area contributed by atoms with E-state index in [1.807, 2.05) is 6.07 Å². The Bertz CT molecular complexity index is 642. The number of pyridine rings is 1. The van der Waals surface area contributed by atoms with E-state index < -0.39 is 4.92 Å². The quantitative estimate of drug-likeness (QED) is 0.665. The summed E-state index contributed by atoms with van der Waals surface area (Å²) in [7, 11) is 0. The molecule has 3 rings (SSSR count). The molecule has 1 unspecified atom stereocenters. The summed E-state index contributed by atoms with van der Waals surface area (Å²) in [5.74, 6) is -0.137. The van der Waals surface area contributed by atoms with Crippen molar-refractivity contribution in [2.75, 3.05) is 18.4 Å². The van der Waals surface area contributed by atoms with Crippen molar-refractivity contribution < 1.29 is 4.92 Å². The molecule has 6 heteroatoms. The third-order valence-corrected chi connectivity index (χ3v) is 3.66. The van der Waals surface area contributed by atoms with Gasteiger partial charge < -0.3 is 20.7 Å². The van der Waals surface area contributed by atoms with Crippen molar-refractivity contribution in [3.63, 3.8) is 0 Å². The maximum absolute atomic E-state index is 10.6. The third kappa shape index (κ3) is 3.00. The molecular weight excluding hydrogens is 268 g/mol. The van der Waals surface area contributed by atoms with Crippen LogP contribution < -0.4 is 10.6 Å². The van der Waals surface area contributed by atoms with Gasteiger partial charge in [0.25, 0.3) is 0 Å². The van der Waals surface area contributed by atoms with E-state index in [1.54, 1.807) is 6.07 Å². The number of fused-ring (bicyclic) bond motifs is 1. The maximum Gasteiger partial charge on any atom is 0.363 e. The van der Waals surface area contributed by atoms with E-state index in [0.29, 0.717) is 0 Å². The van der Waals surface area contributed by atoms with Crippen LogP contribution in [0.4, 0.5) is 11.5 Å². The molecule has 1 aliphatic heterocycles. The summed E-state index contributed by atoms with van der Waals surface area (Å²) < 4.78 is 0. The molecule has 1 aliphatic rings. The van der Waals surface area contributed by atoms with Crippen LogP contribution in [0.25, 0.3) is 0 Å². The second-order valence-corrected chi connectivity index (χ2v) is 5.00. The van der Waals surface area contributed by atoms with Gasteiger partial charge in [-0.25, -0.2) is 0 Å². The standard InChI is InChI=1S/C15H16N4O2/c20-19(21)15-6-5-12(9-18-15)17-10-14-13-4-2-1-3-11(13)7-8-16-14/h1-6,9,14,16-17H,7-8,10H2. The van der Waals surface area contributed by atoms with Gasteiger partial charge in [0.2, 0.25) is 0 Å². The summed E-state index contributed by atoms with van der Waals surface area (Å²) in [6.45, 7) is 1.68. The summed E-state index contributed by atoms with van der Waals surface area (Å²) >= 11 is 0. The van der Waals surface area contributed by atoms with Gasteiger partial charge in [0.05, 0.1) is 5.69 Å². The zero-order valence-corrected chi connectivity index (χ0v) is 11.5. The highest BCUT2D eigenvalue weighted by Gasteiger charge is 2.18. The Morgan fingerprint density at radius 1 is 1.33 bits per heavy atom. The lowest BCUT2D eigenvalue weighted by atomic mass is 9.94. The average molecular weight is 284 g/mol. The molecule has 2 heterocycles. The van der Waals surface area contributed by atoms with Crippen molar-refractivity contribution in [3.8, 4) is 0 Å². The first-order valence-corrected chi connectivity index (χ1v) is 6.89. The zero-order chi connectivity index (χ0) is 14.7. The fraction of sp³-hybridized carbons (Fsp3) is 0.267. The lowest BCUT2D eigenvalue weighted by Gasteiger charge is -2.27. The molecule has 0 saturated carbocycles. The molecule has 0 spiro atoms. The van der Waals surface area contributed by atoms with Crippen molar-refractivity contribution >= 4 is 11.5 Å². The van der Waals surface area contributed by atoms with Crippen LogP contribution >= 0.6 is 0 Å². The number of benzene rings is 1. The molecular formula is C15H16N4O2. The van der Waals surface area contributed by atoms with E-state index in [1.165, 1.54) is 23.4 Å². The molecule has 0 fully saturated rings. The van der Waals surface area contributed by atoms with Gasteiger partial charge in [-0.1, -0.05) is 24.3 Å². The number of hydrogen-bond acceptors (Lipinski definition) is 5. The number of nitrogens with one attached hydrogen (secondary N) is 2. The molecule has 2 N–H and O–H groups in total. The highest BCUT2D eigenvalue weighted by Crippen LogP contribution is 2.23. The molecule has 1 aromatic heterocycles. The van der Waals surface area contributed by atoms with Crippen LogP contribution in [0.5, 0.6) is 0 Å². The summed E-state index contributed by atoms with van der Waals surface area (Å²) in [4.78, 5) is 13.9. The summed E-state index contributed by atoms with van der Waals surface area (Å²) in [5.41, 5.74) is 3.47. The lowest BCUT2D eigenvalue weighted by molar-refractivity contribution is -0.389. The highest BCUT2D eigenvalue weighted by molar-refractivity contribution is 5.44. The molecule has 0 bridgehead atoms. The minimum Gasteiger partial charge on any atom is -0.380 e. The van der Waals surface area contributed by atoms with E-state index in [4.69, 9.17) is 0 Å². The highest BCUT2D eigenvalue weighted by atomic mass is 16.6. The molecule has 1 atom stereocenters. The predicted octanol–water partition coefficient (Wildman–Crippen LogP) is 2.29. The first-order valence-electron chi connectivity index (χ1n) is 6.89. The second-order valence-electron chi connectivity index (χ2n) is 5.00. The fourth-order valence-corrected chi connectivity index (χ4v) is 2.59. The SMILES string of the molecule is O=[N+]([O-])c1ccc(NCC2NCCc3ccccc32)cn1. The summed E-state index contributed by atoms with van der Waals surface area (Å²) in [5, 5.41) is 17.3. The first-order chi connectivity index (χ1) is 10.2. The zero-order valence-electron chi connectivity index (χ0n) is 11.5. The third-order valence-electron chi connectivity index (χ3n) is 3.66. The fourth-order valence-electron chi connectivity index (χ4n) is 2.59. The second kappa shape index (κ2) is 5.88. The van der Waals surface area contributed by atoms with Crippen LogP contribution in [0.3, 0.4) is 0 Å². The molecule has 1 aromatic carbocycles. The van der Waals surface area contributed by atoms with Crippen LogP contribution in [0.1, 0.15) is 17.2 Å². The molecule has 0 aliphatic carbocycles. The molecule has 0 amide bonds. The number of rotatable bonds is 4. The molecule has 2 aromatic rings. The number of anilines is 1. The van der Waals surface area contributed by atoms with Crippen molar-refractivity contribution in [1.29, 1.82) is 0 Å². The van der Waals surface area contributed by atoms with Gasteiger partial charge in [-0.3, -0.25) is 0 Å². The van der Waals surface area contributed by atoms with Crippen LogP contribution in [0.2, 0.25) is 0 Å². The van der Waals surface area contributed by atoms with Crippen molar-refractivity contribution in [3.05, 3.63) is 63.8 Å². The topological polar surface area (TPSA) is 80.1 Å². The van der Waals surface area contributed by atoms with Crippen molar-refractivity contribution in [2.45, 2.75) is 12.5 Å². The molecule has 108 valence electrons. The first kappa shape index (κ1) is 13.5. The molecule has 0 saturated heterocycles. The normalized spacial score (nSPS) is 17.0. The summed E-state index contributed by atoms with van der Waals surface area (Å²) in [6.07, 6.45) is 2.54. The van der Waals surface area contributed by atoms with Gasteiger partial charge in [-0.05, 0) is 40.1 Å². The van der Waals surface area contributed by atoms with Gasteiger partial charge in [-0.15, -0.1) is 0 Å². The van der Waals surface area contributed by atoms with E-state index in [2.05, 4.69) is 33.8 Å². The van der Waals surface area contributed by atoms with E-state index in [0.717, 1.165) is 25.2 Å². The Morgan fingerprint density at radius 3 is 2.95 bits per heavy atom. The lowest BCUT2D eigenvalue weighted by Crippen LogP contribution is -2.34. The van der Waals surface area contributed by atoms with Gasteiger partial charge in [-0.2, -0.15) is 0 Å². The van der Waals surface area contributed by atoms with Crippen LogP contribution in [-0.4, -0.2) is 23.0 Å². The van der Waals surface area contributed by atoms with Gasteiger partial charge in [0, 0.05) is 18.7 Å². The van der Waals surface area contributed by atoms with E-state index in [-0.39, 0.29) is 11.9 Å². The van der Waals surface area contributed by atoms with Gasteiger partial charge in [0.1, 0.15) is 0 Å². The van der Waals surface area contributed by atoms with Crippen LogP contribution in [0, 0.1) is 10.1 Å². The molecule has 0 radical (unpaired) electrons. The molecule has 21 heavy (non-hydrogen) atoms. The Labute approximate surface area is 122 Å². The van der Waals surface area contributed by atoms with Crippen LogP contribution in [-0.2, 0) is 6.42 Å². The Morgan fingerprint density at radius 2 is 2.19 bits per heavy atom. The van der Waals surface area contributed by atoms with Crippen molar-refractivity contribution in [1.82, 2.24) is 10.3 Å². The number of hydrogen-bond donors (Lipinski definition) is 2. The smallest absolute Gasteiger partial charge is 0.363 e. The number of nitro groups is 1. The average Bonchev–Trinajstić information content (AvgIpc) is 2.53.